The van der Waals surface area contributed by atoms with E-state index in [-0.39, 0.29) is 4.90 Å². The number of benzene rings is 1. The van der Waals surface area contributed by atoms with Crippen LogP contribution in [-0.4, -0.2) is 30.7 Å². The second-order valence-electron chi connectivity index (χ2n) is 3.89. The lowest BCUT2D eigenvalue weighted by molar-refractivity contribution is 0.413. The number of hydrogen-bond acceptors (Lipinski definition) is 5. The first-order chi connectivity index (χ1) is 9.03. The van der Waals surface area contributed by atoms with Gasteiger partial charge in [-0.2, -0.15) is 5.10 Å². The highest BCUT2D eigenvalue weighted by Gasteiger charge is 2.20. The van der Waals surface area contributed by atoms with Gasteiger partial charge in [-0.05, 0) is 19.1 Å². The van der Waals surface area contributed by atoms with Gasteiger partial charge in [-0.15, -0.1) is 0 Å². The van der Waals surface area contributed by atoms with Gasteiger partial charge < -0.3 is 4.74 Å². The summed E-state index contributed by atoms with van der Waals surface area (Å²) < 4.78 is 31.9. The summed E-state index contributed by atoms with van der Waals surface area (Å²) in [6.45, 7) is 1.68. The molecular weight excluding hydrogens is 268 g/mol. The van der Waals surface area contributed by atoms with Crippen LogP contribution >= 0.6 is 0 Å². The molecule has 0 bridgehead atoms. The zero-order valence-corrected chi connectivity index (χ0v) is 11.3. The Morgan fingerprint density at radius 3 is 2.84 bits per heavy atom. The zero-order valence-electron chi connectivity index (χ0n) is 10.5. The van der Waals surface area contributed by atoms with Gasteiger partial charge in [-0.3, -0.25) is 5.10 Å². The number of ether oxygens (including phenoxy) is 1. The number of methoxy groups -OCH3 is 1. The Morgan fingerprint density at radius 2 is 2.21 bits per heavy atom. The zero-order chi connectivity index (χ0) is 13.9. The molecule has 0 aliphatic carbocycles. The van der Waals surface area contributed by atoms with Crippen LogP contribution in [-0.2, 0) is 10.0 Å². The number of hydrogen-bond donors (Lipinski definition) is 2. The number of nitrogens with one attached hydrogen (secondary N) is 2. The third kappa shape index (κ3) is 3.09. The van der Waals surface area contributed by atoms with Gasteiger partial charge in [0.05, 0.1) is 18.0 Å². The van der Waals surface area contributed by atoms with E-state index in [0.717, 1.165) is 0 Å². The predicted octanol–water partition coefficient (Wildman–Crippen LogP) is 0.853. The monoisotopic (exact) mass is 282 g/mol. The summed E-state index contributed by atoms with van der Waals surface area (Å²) in [6, 6.07) is 5.75. The van der Waals surface area contributed by atoms with Crippen molar-refractivity contribution in [1.82, 2.24) is 19.9 Å². The van der Waals surface area contributed by atoms with Crippen LogP contribution in [0.4, 0.5) is 0 Å². The fraction of sp³-hybridized carbons (Fsp3) is 0.273. The molecule has 1 aromatic heterocycles. The number of rotatable bonds is 5. The van der Waals surface area contributed by atoms with E-state index in [4.69, 9.17) is 4.74 Å². The van der Waals surface area contributed by atoms with Gasteiger partial charge in [0, 0.05) is 6.07 Å². The Balaban J connectivity index is 2.22. The molecule has 0 fully saturated rings. The first-order valence-electron chi connectivity index (χ1n) is 5.54. The molecule has 19 heavy (non-hydrogen) atoms. The average Bonchev–Trinajstić information content (AvgIpc) is 2.92. The quantitative estimate of drug-likeness (QED) is 0.847. The highest BCUT2D eigenvalue weighted by Crippen LogP contribution is 2.18. The fourth-order valence-corrected chi connectivity index (χ4v) is 2.79. The summed E-state index contributed by atoms with van der Waals surface area (Å²) in [4.78, 5) is 4.05. The molecule has 7 nitrogen and oxygen atoms in total. The van der Waals surface area contributed by atoms with Crippen LogP contribution in [0, 0.1) is 0 Å². The smallest absolute Gasteiger partial charge is 0.241 e. The standard InChI is InChI=1S/C11H14N4O3S/c1-8(11-12-7-13-14-11)15-19(16,17)10-5-3-4-9(6-10)18-2/h3-8,15H,1-2H3,(H,12,13,14). The van der Waals surface area contributed by atoms with Crippen LogP contribution in [0.25, 0.3) is 0 Å². The van der Waals surface area contributed by atoms with Gasteiger partial charge in [-0.25, -0.2) is 18.1 Å². The molecule has 0 amide bonds. The summed E-state index contributed by atoms with van der Waals surface area (Å²) in [6.07, 6.45) is 1.33. The minimum atomic E-state index is -3.64. The third-order valence-corrected chi connectivity index (χ3v) is 4.07. The highest BCUT2D eigenvalue weighted by atomic mass is 32.2. The van der Waals surface area contributed by atoms with Gasteiger partial charge in [0.1, 0.15) is 17.9 Å². The Kier molecular flexibility index (Phi) is 3.82. The molecular formula is C11H14N4O3S. The van der Waals surface area contributed by atoms with Gasteiger partial charge in [0.25, 0.3) is 0 Å². The maximum absolute atomic E-state index is 12.2. The van der Waals surface area contributed by atoms with E-state index >= 15 is 0 Å². The van der Waals surface area contributed by atoms with Crippen LogP contribution < -0.4 is 9.46 Å². The number of sulfonamides is 1. The Morgan fingerprint density at radius 1 is 1.42 bits per heavy atom. The predicted molar refractivity (Wildman–Crippen MR) is 68.1 cm³/mol. The normalized spacial score (nSPS) is 13.2. The molecule has 2 N–H and O–H groups in total. The first-order valence-corrected chi connectivity index (χ1v) is 7.03. The molecule has 0 saturated heterocycles. The van der Waals surface area contributed by atoms with E-state index in [2.05, 4.69) is 19.9 Å². The average molecular weight is 282 g/mol. The first kappa shape index (κ1) is 13.5. The SMILES string of the molecule is COc1cccc(S(=O)(=O)NC(C)c2ncn[nH]2)c1. The van der Waals surface area contributed by atoms with Gasteiger partial charge in [-0.1, -0.05) is 6.07 Å². The molecule has 2 aromatic rings. The van der Waals surface area contributed by atoms with Gasteiger partial charge in [0.2, 0.25) is 10.0 Å². The maximum Gasteiger partial charge on any atom is 0.241 e. The van der Waals surface area contributed by atoms with E-state index in [1.54, 1.807) is 19.1 Å². The van der Waals surface area contributed by atoms with Crippen molar-refractivity contribution in [3.05, 3.63) is 36.4 Å². The lowest BCUT2D eigenvalue weighted by Gasteiger charge is -2.12. The molecule has 0 aliphatic heterocycles. The molecule has 0 spiro atoms. The molecule has 1 unspecified atom stereocenters. The molecule has 1 aromatic carbocycles. The lowest BCUT2D eigenvalue weighted by Crippen LogP contribution is -2.27. The third-order valence-electron chi connectivity index (χ3n) is 2.53. The van der Waals surface area contributed by atoms with Crippen molar-refractivity contribution in [2.24, 2.45) is 0 Å². The molecule has 0 radical (unpaired) electrons. The maximum atomic E-state index is 12.2. The van der Waals surface area contributed by atoms with Crippen LogP contribution in [0.1, 0.15) is 18.8 Å². The van der Waals surface area contributed by atoms with E-state index < -0.39 is 16.1 Å². The van der Waals surface area contributed by atoms with Crippen molar-refractivity contribution in [3.63, 3.8) is 0 Å². The second kappa shape index (κ2) is 5.37. The van der Waals surface area contributed by atoms with Crippen molar-refractivity contribution in [2.75, 3.05) is 7.11 Å². The molecule has 102 valence electrons. The fourth-order valence-electron chi connectivity index (χ4n) is 1.55. The summed E-state index contributed by atoms with van der Waals surface area (Å²) >= 11 is 0. The van der Waals surface area contributed by atoms with Gasteiger partial charge in [0.15, 0.2) is 0 Å². The van der Waals surface area contributed by atoms with Crippen LogP contribution in [0.3, 0.4) is 0 Å². The highest BCUT2D eigenvalue weighted by molar-refractivity contribution is 7.89. The number of aromatic nitrogens is 3. The number of nitrogens with zero attached hydrogens (tertiary/aromatic N) is 2. The molecule has 0 aliphatic rings. The van der Waals surface area contributed by atoms with Crippen molar-refractivity contribution in [1.29, 1.82) is 0 Å². The summed E-state index contributed by atoms with van der Waals surface area (Å²) in [5.41, 5.74) is 0. The van der Waals surface area contributed by atoms with Crippen LogP contribution in [0.5, 0.6) is 5.75 Å². The summed E-state index contributed by atoms with van der Waals surface area (Å²) in [5, 5.41) is 6.30. The van der Waals surface area contributed by atoms with Crippen molar-refractivity contribution in [3.8, 4) is 5.75 Å². The van der Waals surface area contributed by atoms with Crippen molar-refractivity contribution in [2.45, 2.75) is 17.9 Å². The van der Waals surface area contributed by atoms with Crippen LogP contribution in [0.2, 0.25) is 0 Å². The summed E-state index contributed by atoms with van der Waals surface area (Å²) in [7, 11) is -2.15. The summed E-state index contributed by atoms with van der Waals surface area (Å²) in [5.74, 6) is 0.932. The second-order valence-corrected chi connectivity index (χ2v) is 5.61. The Bertz CT molecular complexity index is 640. The minimum absolute atomic E-state index is 0.137. The largest absolute Gasteiger partial charge is 0.497 e. The molecule has 1 heterocycles. The molecule has 2 rings (SSSR count). The molecule has 8 heteroatoms. The van der Waals surface area contributed by atoms with Gasteiger partial charge >= 0.3 is 0 Å². The minimum Gasteiger partial charge on any atom is -0.497 e. The van der Waals surface area contributed by atoms with Crippen molar-refractivity contribution >= 4 is 10.0 Å². The number of H-pyrrole nitrogens is 1. The molecule has 1 atom stereocenters. The topological polar surface area (TPSA) is 97.0 Å². The molecule has 0 saturated carbocycles. The lowest BCUT2D eigenvalue weighted by atomic mass is 10.3. The van der Waals surface area contributed by atoms with E-state index in [1.807, 2.05) is 0 Å². The van der Waals surface area contributed by atoms with E-state index in [0.29, 0.717) is 11.6 Å². The van der Waals surface area contributed by atoms with Crippen molar-refractivity contribution < 1.29 is 13.2 Å². The van der Waals surface area contributed by atoms with E-state index in [1.165, 1.54) is 25.6 Å². The number of aromatic amines is 1. The van der Waals surface area contributed by atoms with Crippen LogP contribution in [0.15, 0.2) is 35.5 Å². The van der Waals surface area contributed by atoms with E-state index in [9.17, 15) is 8.42 Å². The Labute approximate surface area is 111 Å². The Hall–Kier alpha value is -1.93.